The van der Waals surface area contributed by atoms with E-state index in [1.54, 1.807) is 0 Å². The van der Waals surface area contributed by atoms with Crippen LogP contribution in [0.3, 0.4) is 0 Å². The molecule has 66 valence electrons. The number of benzene rings is 1. The van der Waals surface area contributed by atoms with Crippen LogP contribution in [0, 0.1) is 0 Å². The minimum atomic E-state index is -0.740. The molecule has 0 aliphatic heterocycles. The molecule has 1 atom stereocenters. The summed E-state index contributed by atoms with van der Waals surface area (Å²) in [6, 6.07) is 7.63. The van der Waals surface area contributed by atoms with Gasteiger partial charge in [0.15, 0.2) is 0 Å². The molecule has 0 heterocycles. The van der Waals surface area contributed by atoms with Gasteiger partial charge in [-0.15, -0.1) is 0 Å². The van der Waals surface area contributed by atoms with Crippen molar-refractivity contribution in [1.29, 1.82) is 0 Å². The van der Waals surface area contributed by atoms with E-state index in [1.807, 2.05) is 24.3 Å². The third-order valence-corrected chi connectivity index (χ3v) is 1.95. The van der Waals surface area contributed by atoms with E-state index in [9.17, 15) is 5.11 Å². The van der Waals surface area contributed by atoms with Crippen molar-refractivity contribution in [1.82, 2.24) is 0 Å². The van der Waals surface area contributed by atoms with Gasteiger partial charge >= 0.3 is 0 Å². The van der Waals surface area contributed by atoms with Crippen LogP contribution in [-0.4, -0.2) is 16.8 Å². The molecule has 1 aromatic rings. The molecule has 0 aliphatic carbocycles. The van der Waals surface area contributed by atoms with Crippen LogP contribution in [0.15, 0.2) is 24.3 Å². The zero-order valence-corrected chi connectivity index (χ0v) is 7.20. The average Bonchev–Trinajstić information content (AvgIpc) is 2.17. The second-order valence-corrected chi connectivity index (χ2v) is 2.79. The minimum Gasteiger partial charge on any atom is -0.393 e. The van der Waals surface area contributed by atoms with Gasteiger partial charge in [0.2, 0.25) is 0 Å². The topological polar surface area (TPSA) is 40.5 Å². The average molecular weight is 166 g/mol. The number of aryl methyl sites for hydroxylation is 1. The predicted molar refractivity (Wildman–Crippen MR) is 47.9 cm³/mol. The fourth-order valence-electron chi connectivity index (χ4n) is 1.08. The fourth-order valence-corrected chi connectivity index (χ4v) is 1.08. The fraction of sp³-hybridized carbons (Fsp3) is 0.400. The third kappa shape index (κ3) is 2.06. The summed E-state index contributed by atoms with van der Waals surface area (Å²) in [5.74, 6) is 0. The number of hydrogen-bond donors (Lipinski definition) is 2. The van der Waals surface area contributed by atoms with Gasteiger partial charge in [0, 0.05) is 0 Å². The lowest BCUT2D eigenvalue weighted by Gasteiger charge is -2.07. The number of hydrogen-bond acceptors (Lipinski definition) is 2. The standard InChI is InChI=1S/C10H14O2/c1-2-8-3-5-9(6-4-8)10(12)7-11/h3-6,10-12H,2,7H2,1H3/t10-/m1/s1. The zero-order chi connectivity index (χ0) is 8.97. The molecule has 0 aliphatic rings. The summed E-state index contributed by atoms with van der Waals surface area (Å²) in [6.07, 6.45) is 0.256. The van der Waals surface area contributed by atoms with Crippen molar-refractivity contribution in [2.45, 2.75) is 19.4 Å². The van der Waals surface area contributed by atoms with Crippen LogP contribution in [0.5, 0.6) is 0 Å². The van der Waals surface area contributed by atoms with Gasteiger partial charge in [0.1, 0.15) is 6.10 Å². The summed E-state index contributed by atoms with van der Waals surface area (Å²) in [7, 11) is 0. The summed E-state index contributed by atoms with van der Waals surface area (Å²) >= 11 is 0. The Hall–Kier alpha value is -0.860. The smallest absolute Gasteiger partial charge is 0.102 e. The van der Waals surface area contributed by atoms with Crippen LogP contribution in [0.25, 0.3) is 0 Å². The molecule has 0 saturated heterocycles. The first-order valence-corrected chi connectivity index (χ1v) is 4.15. The summed E-state index contributed by atoms with van der Waals surface area (Å²) in [5, 5.41) is 17.9. The Bertz CT molecular complexity index is 228. The van der Waals surface area contributed by atoms with Crippen molar-refractivity contribution in [2.24, 2.45) is 0 Å². The van der Waals surface area contributed by atoms with Crippen molar-refractivity contribution in [3.05, 3.63) is 35.4 Å². The van der Waals surface area contributed by atoms with Gasteiger partial charge in [0.05, 0.1) is 6.61 Å². The van der Waals surface area contributed by atoms with Gasteiger partial charge in [-0.25, -0.2) is 0 Å². The second-order valence-electron chi connectivity index (χ2n) is 2.79. The lowest BCUT2D eigenvalue weighted by molar-refractivity contribution is 0.0956. The molecule has 0 amide bonds. The first-order chi connectivity index (χ1) is 5.77. The molecule has 0 fully saturated rings. The van der Waals surface area contributed by atoms with Crippen LogP contribution < -0.4 is 0 Å². The highest BCUT2D eigenvalue weighted by molar-refractivity contribution is 5.23. The van der Waals surface area contributed by atoms with E-state index in [-0.39, 0.29) is 6.61 Å². The highest BCUT2D eigenvalue weighted by Gasteiger charge is 2.03. The molecule has 12 heavy (non-hydrogen) atoms. The molecule has 1 aromatic carbocycles. The van der Waals surface area contributed by atoms with Gasteiger partial charge in [-0.05, 0) is 17.5 Å². The van der Waals surface area contributed by atoms with E-state index in [0.29, 0.717) is 0 Å². The predicted octanol–water partition coefficient (Wildman–Crippen LogP) is 1.27. The van der Waals surface area contributed by atoms with E-state index in [1.165, 1.54) is 5.56 Å². The quantitative estimate of drug-likeness (QED) is 0.710. The Morgan fingerprint density at radius 3 is 2.25 bits per heavy atom. The monoisotopic (exact) mass is 166 g/mol. The highest BCUT2D eigenvalue weighted by atomic mass is 16.3. The van der Waals surface area contributed by atoms with E-state index in [2.05, 4.69) is 6.92 Å². The Kier molecular flexibility index (Phi) is 3.26. The minimum absolute atomic E-state index is 0.217. The van der Waals surface area contributed by atoms with Crippen LogP contribution in [-0.2, 0) is 6.42 Å². The van der Waals surface area contributed by atoms with Crippen LogP contribution in [0.2, 0.25) is 0 Å². The van der Waals surface area contributed by atoms with Crippen molar-refractivity contribution in [3.63, 3.8) is 0 Å². The lowest BCUT2D eigenvalue weighted by Crippen LogP contribution is -2.01. The van der Waals surface area contributed by atoms with E-state index in [4.69, 9.17) is 5.11 Å². The Labute approximate surface area is 72.5 Å². The number of aliphatic hydroxyl groups excluding tert-OH is 2. The Morgan fingerprint density at radius 1 is 1.25 bits per heavy atom. The normalized spacial score (nSPS) is 12.9. The van der Waals surface area contributed by atoms with Crippen molar-refractivity contribution >= 4 is 0 Å². The maximum absolute atomic E-state index is 9.24. The van der Waals surface area contributed by atoms with Gasteiger partial charge < -0.3 is 10.2 Å². The molecule has 0 saturated carbocycles. The zero-order valence-electron chi connectivity index (χ0n) is 7.20. The molecular weight excluding hydrogens is 152 g/mol. The first kappa shape index (κ1) is 9.23. The van der Waals surface area contributed by atoms with Crippen molar-refractivity contribution in [2.75, 3.05) is 6.61 Å². The maximum atomic E-state index is 9.24. The highest BCUT2D eigenvalue weighted by Crippen LogP contribution is 2.12. The molecule has 2 heteroatoms. The number of aliphatic hydroxyl groups is 2. The maximum Gasteiger partial charge on any atom is 0.102 e. The summed E-state index contributed by atoms with van der Waals surface area (Å²) < 4.78 is 0. The van der Waals surface area contributed by atoms with E-state index in [0.717, 1.165) is 12.0 Å². The summed E-state index contributed by atoms with van der Waals surface area (Å²) in [5.41, 5.74) is 2.01. The molecule has 0 spiro atoms. The lowest BCUT2D eigenvalue weighted by atomic mass is 10.1. The summed E-state index contributed by atoms with van der Waals surface area (Å²) in [6.45, 7) is 1.86. The Balaban J connectivity index is 2.77. The molecule has 1 rings (SSSR count). The third-order valence-electron chi connectivity index (χ3n) is 1.95. The van der Waals surface area contributed by atoms with Crippen molar-refractivity contribution < 1.29 is 10.2 Å². The molecule has 0 radical (unpaired) electrons. The van der Waals surface area contributed by atoms with Gasteiger partial charge in [-0.2, -0.15) is 0 Å². The van der Waals surface area contributed by atoms with Gasteiger partial charge in [0.25, 0.3) is 0 Å². The van der Waals surface area contributed by atoms with Gasteiger partial charge in [-0.1, -0.05) is 31.2 Å². The second kappa shape index (κ2) is 4.24. The summed E-state index contributed by atoms with van der Waals surface area (Å²) in [4.78, 5) is 0. The van der Waals surface area contributed by atoms with Crippen molar-refractivity contribution in [3.8, 4) is 0 Å². The van der Waals surface area contributed by atoms with Crippen LogP contribution in [0.1, 0.15) is 24.2 Å². The molecule has 0 unspecified atom stereocenters. The van der Waals surface area contributed by atoms with Crippen LogP contribution >= 0.6 is 0 Å². The van der Waals surface area contributed by atoms with E-state index < -0.39 is 6.10 Å². The van der Waals surface area contributed by atoms with Crippen LogP contribution in [0.4, 0.5) is 0 Å². The number of rotatable bonds is 3. The molecule has 0 aromatic heterocycles. The molecule has 0 bridgehead atoms. The molecular formula is C10H14O2. The first-order valence-electron chi connectivity index (χ1n) is 4.15. The molecule has 2 nitrogen and oxygen atoms in total. The van der Waals surface area contributed by atoms with E-state index >= 15 is 0 Å². The molecule has 2 N–H and O–H groups in total. The Morgan fingerprint density at radius 2 is 1.83 bits per heavy atom. The van der Waals surface area contributed by atoms with Gasteiger partial charge in [-0.3, -0.25) is 0 Å². The SMILES string of the molecule is CCc1ccc([C@H](O)CO)cc1. The largest absolute Gasteiger partial charge is 0.393 e.